The van der Waals surface area contributed by atoms with Crippen LogP contribution in [-0.2, 0) is 14.8 Å². The molecule has 7 nitrogen and oxygen atoms in total. The zero-order valence-electron chi connectivity index (χ0n) is 14.8. The van der Waals surface area contributed by atoms with Crippen molar-refractivity contribution in [2.24, 2.45) is 0 Å². The second kappa shape index (κ2) is 9.07. The molecule has 142 valence electrons. The number of hydrogen-bond donors (Lipinski definition) is 1. The average Bonchev–Trinajstić information content (AvgIpc) is 2.97. The van der Waals surface area contributed by atoms with Gasteiger partial charge in [-0.15, -0.1) is 22.0 Å². The maximum Gasteiger partial charge on any atom is 0.246 e. The van der Waals surface area contributed by atoms with Gasteiger partial charge in [0.25, 0.3) is 0 Å². The molecule has 0 fully saturated rings. The fraction of sp³-hybridized carbons (Fsp3) is 0.400. The summed E-state index contributed by atoms with van der Waals surface area (Å²) in [5.74, 6) is -0.470. The van der Waals surface area contributed by atoms with E-state index >= 15 is 0 Å². The summed E-state index contributed by atoms with van der Waals surface area (Å²) in [6, 6.07) is 7.04. The van der Waals surface area contributed by atoms with Gasteiger partial charge in [0.1, 0.15) is 6.54 Å². The Balaban J connectivity index is 2.13. The van der Waals surface area contributed by atoms with Crippen LogP contribution in [0.2, 0.25) is 0 Å². The first-order chi connectivity index (χ1) is 12.2. The fourth-order valence-corrected chi connectivity index (χ4v) is 5.26. The molecule has 0 aliphatic heterocycles. The van der Waals surface area contributed by atoms with Crippen LogP contribution < -0.4 is 9.62 Å². The molecule has 0 saturated heterocycles. The average molecular weight is 433 g/mol. The number of carbonyl (C=O) groups is 1. The Bertz CT molecular complexity index is 867. The van der Waals surface area contributed by atoms with Crippen molar-refractivity contribution >= 4 is 61.6 Å². The van der Waals surface area contributed by atoms with Crippen molar-refractivity contribution < 1.29 is 13.2 Å². The summed E-state index contributed by atoms with van der Waals surface area (Å²) in [6.07, 6.45) is 2.98. The predicted molar refractivity (Wildman–Crippen MR) is 110 cm³/mol. The van der Waals surface area contributed by atoms with E-state index in [4.69, 9.17) is 0 Å². The van der Waals surface area contributed by atoms with Crippen LogP contribution in [-0.4, -0.2) is 48.8 Å². The maximum atomic E-state index is 12.3. The van der Waals surface area contributed by atoms with Crippen LogP contribution >= 0.6 is 34.9 Å². The molecule has 1 amide bonds. The number of sulfonamides is 1. The minimum Gasteiger partial charge on any atom is -0.299 e. The maximum absolute atomic E-state index is 12.3. The molecular weight excluding hydrogens is 412 g/mol. The van der Waals surface area contributed by atoms with E-state index in [9.17, 15) is 13.2 Å². The minimum absolute atomic E-state index is 0.330. The lowest BCUT2D eigenvalue weighted by atomic mass is 10.3. The Morgan fingerprint density at radius 3 is 2.69 bits per heavy atom. The summed E-state index contributed by atoms with van der Waals surface area (Å²) in [7, 11) is -3.61. The molecule has 26 heavy (non-hydrogen) atoms. The van der Waals surface area contributed by atoms with Crippen molar-refractivity contribution in [2.45, 2.75) is 28.3 Å². The number of rotatable bonds is 8. The van der Waals surface area contributed by atoms with Crippen molar-refractivity contribution in [1.29, 1.82) is 0 Å². The van der Waals surface area contributed by atoms with Crippen LogP contribution in [0, 0.1) is 0 Å². The lowest BCUT2D eigenvalue weighted by Gasteiger charge is -2.22. The van der Waals surface area contributed by atoms with E-state index in [-0.39, 0.29) is 6.54 Å². The van der Waals surface area contributed by atoms with Crippen LogP contribution in [0.1, 0.15) is 13.8 Å². The molecule has 0 atom stereocenters. The van der Waals surface area contributed by atoms with Gasteiger partial charge in [-0.05, 0) is 24.5 Å². The van der Waals surface area contributed by atoms with E-state index in [1.165, 1.54) is 23.1 Å². The molecular formula is C15H20N4O3S4. The van der Waals surface area contributed by atoms with E-state index in [1.54, 1.807) is 30.0 Å². The molecule has 0 bridgehead atoms. The van der Waals surface area contributed by atoms with E-state index in [0.29, 0.717) is 16.1 Å². The minimum atomic E-state index is -3.61. The molecule has 1 heterocycles. The van der Waals surface area contributed by atoms with Gasteiger partial charge in [0, 0.05) is 10.1 Å². The highest BCUT2D eigenvalue weighted by atomic mass is 32.2. The van der Waals surface area contributed by atoms with E-state index < -0.39 is 15.9 Å². The monoisotopic (exact) mass is 432 g/mol. The number of benzene rings is 1. The number of nitrogens with zero attached hydrogens (tertiary/aromatic N) is 3. The van der Waals surface area contributed by atoms with Crippen molar-refractivity contribution in [3.8, 4) is 0 Å². The largest absolute Gasteiger partial charge is 0.299 e. The Kier molecular flexibility index (Phi) is 7.33. The van der Waals surface area contributed by atoms with Crippen LogP contribution in [0.15, 0.2) is 33.5 Å². The van der Waals surface area contributed by atoms with Crippen molar-refractivity contribution in [3.05, 3.63) is 24.3 Å². The van der Waals surface area contributed by atoms with Crippen molar-refractivity contribution in [3.63, 3.8) is 0 Å². The van der Waals surface area contributed by atoms with Gasteiger partial charge in [0.05, 0.1) is 11.9 Å². The smallest absolute Gasteiger partial charge is 0.246 e. The summed E-state index contributed by atoms with van der Waals surface area (Å²) in [6.45, 7) is 3.75. The summed E-state index contributed by atoms with van der Waals surface area (Å²) in [5.41, 5.74) is 0.447. The van der Waals surface area contributed by atoms with Crippen LogP contribution in [0.4, 0.5) is 10.8 Å². The molecule has 0 aliphatic rings. The third kappa shape index (κ3) is 6.15. The van der Waals surface area contributed by atoms with Gasteiger partial charge in [0.15, 0.2) is 4.34 Å². The molecule has 2 aromatic rings. The number of amides is 1. The zero-order chi connectivity index (χ0) is 19.3. The van der Waals surface area contributed by atoms with Crippen LogP contribution in [0.3, 0.4) is 0 Å². The lowest BCUT2D eigenvalue weighted by molar-refractivity contribution is -0.114. The number of anilines is 2. The van der Waals surface area contributed by atoms with Gasteiger partial charge in [-0.1, -0.05) is 43.0 Å². The quantitative estimate of drug-likeness (QED) is 0.506. The number of hydrogen-bond acceptors (Lipinski definition) is 8. The second-order valence-electron chi connectivity index (χ2n) is 5.56. The fourth-order valence-electron chi connectivity index (χ4n) is 1.96. The molecule has 0 saturated carbocycles. The predicted octanol–water partition coefficient (Wildman–Crippen LogP) is 3.17. The Morgan fingerprint density at radius 1 is 1.35 bits per heavy atom. The molecule has 1 aromatic heterocycles. The highest BCUT2D eigenvalue weighted by Gasteiger charge is 2.22. The molecule has 0 radical (unpaired) electrons. The topological polar surface area (TPSA) is 92.3 Å². The Labute approximate surface area is 166 Å². The number of thioether (sulfide) groups is 2. The highest BCUT2D eigenvalue weighted by molar-refractivity contribution is 8.01. The zero-order valence-corrected chi connectivity index (χ0v) is 18.1. The van der Waals surface area contributed by atoms with Crippen LogP contribution in [0.25, 0.3) is 0 Å². The van der Waals surface area contributed by atoms with Crippen LogP contribution in [0.5, 0.6) is 0 Å². The number of aromatic nitrogens is 2. The Hall–Kier alpha value is -1.30. The summed E-state index contributed by atoms with van der Waals surface area (Å²) in [4.78, 5) is 13.3. The lowest BCUT2D eigenvalue weighted by Crippen LogP contribution is -2.37. The molecule has 0 unspecified atom stereocenters. The highest BCUT2D eigenvalue weighted by Crippen LogP contribution is 2.28. The third-order valence-corrected chi connectivity index (χ3v) is 6.81. The third-order valence-electron chi connectivity index (χ3n) is 3.02. The number of nitrogens with one attached hydrogen (secondary N) is 1. The summed E-state index contributed by atoms with van der Waals surface area (Å²) in [5, 5.41) is 11.3. The standard InChI is InChI=1S/C15H20N4O3S4/c1-10(2)24-15-18-17-14(25-15)16-13(20)9-19(26(4,21)22)11-6-5-7-12(8-11)23-3/h5-8,10H,9H2,1-4H3,(H,16,17,20). The van der Waals surface area contributed by atoms with Gasteiger partial charge in [-0.3, -0.25) is 14.4 Å². The second-order valence-corrected chi connectivity index (χ2v) is 11.1. The van der Waals surface area contributed by atoms with Crippen molar-refractivity contribution in [1.82, 2.24) is 10.2 Å². The molecule has 1 N–H and O–H groups in total. The normalized spacial score (nSPS) is 11.6. The molecule has 1 aromatic carbocycles. The van der Waals surface area contributed by atoms with Gasteiger partial charge in [-0.25, -0.2) is 8.42 Å². The van der Waals surface area contributed by atoms with E-state index in [0.717, 1.165) is 19.8 Å². The van der Waals surface area contributed by atoms with Gasteiger partial charge in [0.2, 0.25) is 21.1 Å². The van der Waals surface area contributed by atoms with Gasteiger partial charge in [-0.2, -0.15) is 0 Å². The summed E-state index contributed by atoms with van der Waals surface area (Å²) >= 11 is 4.31. The molecule has 11 heteroatoms. The molecule has 2 rings (SSSR count). The molecule has 0 aliphatic carbocycles. The number of carbonyl (C=O) groups excluding carboxylic acids is 1. The molecule has 0 spiro atoms. The van der Waals surface area contributed by atoms with Crippen molar-refractivity contribution in [2.75, 3.05) is 28.7 Å². The Morgan fingerprint density at radius 2 is 2.08 bits per heavy atom. The van der Waals surface area contributed by atoms with E-state index in [2.05, 4.69) is 15.5 Å². The first kappa shape index (κ1) is 21.0. The first-order valence-electron chi connectivity index (χ1n) is 7.61. The van der Waals surface area contributed by atoms with E-state index in [1.807, 2.05) is 26.2 Å². The first-order valence-corrected chi connectivity index (χ1v) is 12.4. The van der Waals surface area contributed by atoms with Gasteiger partial charge < -0.3 is 0 Å². The van der Waals surface area contributed by atoms with Gasteiger partial charge >= 0.3 is 0 Å². The SMILES string of the molecule is CSc1cccc(N(CC(=O)Nc2nnc(SC(C)C)s2)S(C)(=O)=O)c1. The summed E-state index contributed by atoms with van der Waals surface area (Å²) < 4.78 is 26.1.